The average molecular weight is 210 g/mol. The second kappa shape index (κ2) is 3.59. The molecule has 0 bridgehead atoms. The summed E-state index contributed by atoms with van der Waals surface area (Å²) in [5.74, 6) is 0.141. The minimum Gasteiger partial charge on any atom is -0.369 e. The Balaban J connectivity index is 1.98. The maximum atomic E-state index is 11.3. The molecule has 0 spiro atoms. The normalized spacial score (nSPS) is 37.4. The van der Waals surface area contributed by atoms with Crippen LogP contribution in [0.25, 0.3) is 0 Å². The first kappa shape index (κ1) is 10.6. The van der Waals surface area contributed by atoms with E-state index in [1.54, 1.807) is 0 Å². The van der Waals surface area contributed by atoms with Crippen LogP contribution in [0.2, 0.25) is 0 Å². The molecule has 15 heavy (non-hydrogen) atoms. The maximum Gasteiger partial charge on any atom is 0.224 e. The van der Waals surface area contributed by atoms with Gasteiger partial charge in [0.25, 0.3) is 0 Å². The Morgan fingerprint density at radius 1 is 1.60 bits per heavy atom. The molecular formula is C11H18N2O2. The standard InChI is InChI=1S/C11H18N2O2/c1-11(10(12)15)4-5-13(7-11)8-2-3-9(14)6-8/h8H,2-7H2,1H3,(H2,12,15). The molecule has 2 atom stereocenters. The number of amides is 1. The number of Topliss-reactive ketones (excluding diaryl/α,β-unsaturated/α-hetero) is 1. The van der Waals surface area contributed by atoms with E-state index in [0.717, 1.165) is 25.9 Å². The quantitative estimate of drug-likeness (QED) is 0.713. The number of carbonyl (C=O) groups excluding carboxylic acids is 2. The van der Waals surface area contributed by atoms with Crippen molar-refractivity contribution < 1.29 is 9.59 Å². The van der Waals surface area contributed by atoms with Crippen LogP contribution in [0.15, 0.2) is 0 Å². The summed E-state index contributed by atoms with van der Waals surface area (Å²) >= 11 is 0. The number of likely N-dealkylation sites (tertiary alicyclic amines) is 1. The predicted octanol–water partition coefficient (Wildman–Crippen LogP) is 0.305. The van der Waals surface area contributed by atoms with Crippen LogP contribution in [0.4, 0.5) is 0 Å². The molecule has 1 heterocycles. The molecule has 4 heteroatoms. The first-order chi connectivity index (χ1) is 7.01. The summed E-state index contributed by atoms with van der Waals surface area (Å²) in [7, 11) is 0. The minimum atomic E-state index is -0.383. The van der Waals surface area contributed by atoms with Crippen molar-refractivity contribution in [2.75, 3.05) is 13.1 Å². The molecule has 0 radical (unpaired) electrons. The molecule has 2 unspecified atom stereocenters. The Morgan fingerprint density at radius 2 is 2.33 bits per heavy atom. The van der Waals surface area contributed by atoms with Gasteiger partial charge in [0.2, 0.25) is 5.91 Å². The van der Waals surface area contributed by atoms with Gasteiger partial charge in [0, 0.05) is 25.4 Å². The highest BCUT2D eigenvalue weighted by Crippen LogP contribution is 2.34. The zero-order valence-corrected chi connectivity index (χ0v) is 9.16. The van der Waals surface area contributed by atoms with Gasteiger partial charge in [0.05, 0.1) is 5.41 Å². The Hall–Kier alpha value is -0.900. The fourth-order valence-electron chi connectivity index (χ4n) is 2.62. The Bertz CT molecular complexity index is 303. The van der Waals surface area contributed by atoms with E-state index in [4.69, 9.17) is 5.73 Å². The summed E-state index contributed by atoms with van der Waals surface area (Å²) in [6.07, 6.45) is 3.14. The first-order valence-corrected chi connectivity index (χ1v) is 5.57. The van der Waals surface area contributed by atoms with Gasteiger partial charge in [-0.25, -0.2) is 0 Å². The van der Waals surface area contributed by atoms with Crippen LogP contribution < -0.4 is 5.73 Å². The molecular weight excluding hydrogens is 192 g/mol. The monoisotopic (exact) mass is 210 g/mol. The zero-order valence-electron chi connectivity index (χ0n) is 9.16. The van der Waals surface area contributed by atoms with Crippen LogP contribution >= 0.6 is 0 Å². The van der Waals surface area contributed by atoms with Crippen LogP contribution in [-0.2, 0) is 9.59 Å². The molecule has 2 aliphatic rings. The summed E-state index contributed by atoms with van der Waals surface area (Å²) in [4.78, 5) is 24.7. The molecule has 1 aliphatic carbocycles. The van der Waals surface area contributed by atoms with Crippen molar-refractivity contribution in [2.24, 2.45) is 11.1 Å². The molecule has 2 N–H and O–H groups in total. The zero-order chi connectivity index (χ0) is 11.1. The number of carbonyl (C=O) groups is 2. The third kappa shape index (κ3) is 1.91. The van der Waals surface area contributed by atoms with Crippen molar-refractivity contribution >= 4 is 11.7 Å². The summed E-state index contributed by atoms with van der Waals surface area (Å²) in [5, 5.41) is 0. The lowest BCUT2D eigenvalue weighted by Gasteiger charge is -2.25. The van der Waals surface area contributed by atoms with E-state index in [1.807, 2.05) is 6.92 Å². The van der Waals surface area contributed by atoms with Crippen LogP contribution in [0, 0.1) is 5.41 Å². The second-order valence-electron chi connectivity index (χ2n) is 5.08. The largest absolute Gasteiger partial charge is 0.369 e. The number of hydrogen-bond acceptors (Lipinski definition) is 3. The lowest BCUT2D eigenvalue weighted by molar-refractivity contribution is -0.126. The molecule has 2 fully saturated rings. The fourth-order valence-corrected chi connectivity index (χ4v) is 2.62. The minimum absolute atomic E-state index is 0.214. The lowest BCUT2D eigenvalue weighted by atomic mass is 9.89. The van der Waals surface area contributed by atoms with Gasteiger partial charge in [-0.2, -0.15) is 0 Å². The number of primary amides is 1. The predicted molar refractivity (Wildman–Crippen MR) is 56.1 cm³/mol. The molecule has 1 saturated carbocycles. The van der Waals surface area contributed by atoms with Gasteiger partial charge in [-0.05, 0) is 26.3 Å². The van der Waals surface area contributed by atoms with E-state index < -0.39 is 0 Å². The Morgan fingerprint density at radius 3 is 2.80 bits per heavy atom. The smallest absolute Gasteiger partial charge is 0.224 e. The fraction of sp³-hybridized carbons (Fsp3) is 0.818. The maximum absolute atomic E-state index is 11.3. The van der Waals surface area contributed by atoms with E-state index >= 15 is 0 Å². The summed E-state index contributed by atoms with van der Waals surface area (Å²) in [6.45, 7) is 3.55. The van der Waals surface area contributed by atoms with Gasteiger partial charge >= 0.3 is 0 Å². The summed E-state index contributed by atoms with van der Waals surface area (Å²) in [5.41, 5.74) is 5.00. The number of rotatable bonds is 2. The van der Waals surface area contributed by atoms with Crippen molar-refractivity contribution in [1.29, 1.82) is 0 Å². The van der Waals surface area contributed by atoms with E-state index in [2.05, 4.69) is 4.90 Å². The SMILES string of the molecule is CC1(C(N)=O)CCN(C2CCC(=O)C2)C1. The first-order valence-electron chi connectivity index (χ1n) is 5.57. The number of ketones is 1. The van der Waals surface area contributed by atoms with Gasteiger partial charge in [0.15, 0.2) is 0 Å². The van der Waals surface area contributed by atoms with E-state index in [-0.39, 0.29) is 11.3 Å². The highest BCUT2D eigenvalue weighted by atomic mass is 16.1. The molecule has 1 amide bonds. The molecule has 4 nitrogen and oxygen atoms in total. The highest BCUT2D eigenvalue weighted by Gasteiger charge is 2.42. The molecule has 1 aliphatic heterocycles. The third-order valence-electron chi connectivity index (χ3n) is 3.83. The van der Waals surface area contributed by atoms with Gasteiger partial charge in [-0.15, -0.1) is 0 Å². The van der Waals surface area contributed by atoms with Crippen molar-refractivity contribution in [1.82, 2.24) is 4.90 Å². The lowest BCUT2D eigenvalue weighted by Crippen LogP contribution is -2.39. The van der Waals surface area contributed by atoms with Gasteiger partial charge in [-0.1, -0.05) is 0 Å². The topological polar surface area (TPSA) is 63.4 Å². The molecule has 2 rings (SSSR count). The number of nitrogens with zero attached hydrogens (tertiary/aromatic N) is 1. The number of hydrogen-bond donors (Lipinski definition) is 1. The van der Waals surface area contributed by atoms with E-state index in [1.165, 1.54) is 0 Å². The van der Waals surface area contributed by atoms with Crippen LogP contribution in [-0.4, -0.2) is 35.7 Å². The third-order valence-corrected chi connectivity index (χ3v) is 3.83. The van der Waals surface area contributed by atoms with Crippen LogP contribution in [0.5, 0.6) is 0 Å². The highest BCUT2D eigenvalue weighted by molar-refractivity contribution is 5.82. The molecule has 0 aromatic rings. The van der Waals surface area contributed by atoms with Gasteiger partial charge in [0.1, 0.15) is 5.78 Å². The Kier molecular flexibility index (Phi) is 2.54. The van der Waals surface area contributed by atoms with E-state index in [0.29, 0.717) is 24.7 Å². The average Bonchev–Trinajstić information content (AvgIpc) is 2.73. The molecule has 0 aromatic heterocycles. The van der Waals surface area contributed by atoms with Crippen molar-refractivity contribution in [3.05, 3.63) is 0 Å². The summed E-state index contributed by atoms with van der Waals surface area (Å²) < 4.78 is 0. The molecule has 1 saturated heterocycles. The molecule has 0 aromatic carbocycles. The van der Waals surface area contributed by atoms with Gasteiger partial charge in [-0.3, -0.25) is 14.5 Å². The van der Waals surface area contributed by atoms with Crippen LogP contribution in [0.3, 0.4) is 0 Å². The van der Waals surface area contributed by atoms with E-state index in [9.17, 15) is 9.59 Å². The second-order valence-corrected chi connectivity index (χ2v) is 5.08. The van der Waals surface area contributed by atoms with Gasteiger partial charge < -0.3 is 5.73 Å². The number of nitrogens with two attached hydrogens (primary N) is 1. The summed E-state index contributed by atoms with van der Waals surface area (Å²) in [6, 6.07) is 0.360. The van der Waals surface area contributed by atoms with Crippen molar-refractivity contribution in [2.45, 2.75) is 38.6 Å². The molecule has 84 valence electrons. The van der Waals surface area contributed by atoms with Crippen molar-refractivity contribution in [3.8, 4) is 0 Å². The Labute approximate surface area is 89.8 Å². The van der Waals surface area contributed by atoms with Crippen molar-refractivity contribution in [3.63, 3.8) is 0 Å². The van der Waals surface area contributed by atoms with Crippen LogP contribution in [0.1, 0.15) is 32.6 Å².